The molecule has 9 heteroatoms. The zero-order valence-corrected chi connectivity index (χ0v) is 19.5. The summed E-state index contributed by atoms with van der Waals surface area (Å²) in [6, 6.07) is 17.0. The topological polar surface area (TPSA) is 92.1 Å². The molecular formula is C25H22N4O4S. The van der Waals surface area contributed by atoms with Crippen molar-refractivity contribution in [2.24, 2.45) is 0 Å². The molecule has 0 radical (unpaired) electrons. The van der Waals surface area contributed by atoms with Gasteiger partial charge < -0.3 is 9.26 Å². The largest absolute Gasteiger partial charge is 0.497 e. The number of benzene rings is 2. The molecule has 34 heavy (non-hydrogen) atoms. The Kier molecular flexibility index (Phi) is 5.85. The average molecular weight is 475 g/mol. The molecule has 0 saturated carbocycles. The van der Waals surface area contributed by atoms with Gasteiger partial charge in [0, 0.05) is 5.56 Å². The smallest absolute Gasteiger partial charge is 0.332 e. The maximum Gasteiger partial charge on any atom is 0.332 e. The Balaban J connectivity index is 1.52. The molecule has 0 N–H and O–H groups in total. The number of thiophene rings is 1. The van der Waals surface area contributed by atoms with Crippen LogP contribution < -0.4 is 16.0 Å². The van der Waals surface area contributed by atoms with Gasteiger partial charge in [0.05, 0.1) is 19.2 Å². The Bertz CT molecular complexity index is 1580. The van der Waals surface area contributed by atoms with Crippen LogP contribution in [0.3, 0.4) is 0 Å². The summed E-state index contributed by atoms with van der Waals surface area (Å²) in [6.45, 7) is 2.28. The van der Waals surface area contributed by atoms with Crippen molar-refractivity contribution in [2.45, 2.75) is 26.4 Å². The molecule has 0 atom stereocenters. The second kappa shape index (κ2) is 9.11. The van der Waals surface area contributed by atoms with Crippen LogP contribution in [0.5, 0.6) is 5.75 Å². The second-order valence-corrected chi connectivity index (χ2v) is 8.72. The molecule has 0 aliphatic carbocycles. The molecule has 8 nitrogen and oxygen atoms in total. The van der Waals surface area contributed by atoms with Crippen molar-refractivity contribution in [3.05, 3.63) is 97.8 Å². The molecular weight excluding hydrogens is 452 g/mol. The van der Waals surface area contributed by atoms with Crippen LogP contribution in [0.15, 0.2) is 74.1 Å². The van der Waals surface area contributed by atoms with E-state index in [4.69, 9.17) is 9.26 Å². The summed E-state index contributed by atoms with van der Waals surface area (Å²) in [6.07, 6.45) is 0.947. The van der Waals surface area contributed by atoms with E-state index in [1.807, 2.05) is 48.5 Å². The summed E-state index contributed by atoms with van der Waals surface area (Å²) in [4.78, 5) is 31.0. The fourth-order valence-corrected chi connectivity index (χ4v) is 4.68. The highest BCUT2D eigenvalue weighted by molar-refractivity contribution is 7.17. The highest BCUT2D eigenvalue weighted by atomic mass is 32.1. The molecule has 0 saturated heterocycles. The lowest BCUT2D eigenvalue weighted by Crippen LogP contribution is -2.40. The summed E-state index contributed by atoms with van der Waals surface area (Å²) >= 11 is 1.30. The van der Waals surface area contributed by atoms with Crippen molar-refractivity contribution >= 4 is 21.6 Å². The van der Waals surface area contributed by atoms with Crippen molar-refractivity contribution in [3.63, 3.8) is 0 Å². The third-order valence-corrected chi connectivity index (χ3v) is 6.58. The molecule has 5 rings (SSSR count). The number of aromatic nitrogens is 4. The molecule has 0 aliphatic rings. The van der Waals surface area contributed by atoms with E-state index in [1.54, 1.807) is 18.6 Å². The fraction of sp³-hybridized carbons (Fsp3) is 0.200. The number of fused-ring (bicyclic) bond motifs is 1. The molecule has 0 aliphatic heterocycles. The third kappa shape index (κ3) is 4.06. The highest BCUT2D eigenvalue weighted by Crippen LogP contribution is 2.20. The van der Waals surface area contributed by atoms with Gasteiger partial charge >= 0.3 is 5.69 Å². The molecule has 0 unspecified atom stereocenters. The van der Waals surface area contributed by atoms with Crippen molar-refractivity contribution in [2.75, 3.05) is 7.11 Å². The minimum atomic E-state index is -0.439. The lowest BCUT2D eigenvalue weighted by molar-refractivity contribution is 0.369. The van der Waals surface area contributed by atoms with Gasteiger partial charge in [0.25, 0.3) is 5.56 Å². The Labute approximate surface area is 198 Å². The first-order chi connectivity index (χ1) is 16.6. The van der Waals surface area contributed by atoms with Crippen LogP contribution in [0.25, 0.3) is 21.6 Å². The Morgan fingerprint density at radius 3 is 2.59 bits per heavy atom. The third-order valence-electron chi connectivity index (χ3n) is 5.69. The van der Waals surface area contributed by atoms with Crippen LogP contribution in [-0.4, -0.2) is 26.4 Å². The molecule has 3 heterocycles. The van der Waals surface area contributed by atoms with Gasteiger partial charge in [-0.15, -0.1) is 11.3 Å². The summed E-state index contributed by atoms with van der Waals surface area (Å²) in [5, 5.41) is 5.88. The first-order valence-electron chi connectivity index (χ1n) is 10.8. The van der Waals surface area contributed by atoms with Gasteiger partial charge in [-0.1, -0.05) is 48.5 Å². The zero-order chi connectivity index (χ0) is 23.7. The summed E-state index contributed by atoms with van der Waals surface area (Å²) in [7, 11) is 1.58. The van der Waals surface area contributed by atoms with Gasteiger partial charge in [-0.05, 0) is 41.1 Å². The molecule has 2 aromatic carbocycles. The molecule has 0 spiro atoms. The lowest BCUT2D eigenvalue weighted by atomic mass is 10.1. The number of methoxy groups -OCH3 is 1. The van der Waals surface area contributed by atoms with E-state index in [1.165, 1.54) is 26.0 Å². The molecule has 5 aromatic rings. The Morgan fingerprint density at radius 2 is 1.82 bits per heavy atom. The van der Waals surface area contributed by atoms with Crippen LogP contribution in [0.1, 0.15) is 23.9 Å². The predicted molar refractivity (Wildman–Crippen MR) is 131 cm³/mol. The first kappa shape index (κ1) is 21.8. The van der Waals surface area contributed by atoms with Gasteiger partial charge in [0.2, 0.25) is 11.7 Å². The summed E-state index contributed by atoms with van der Waals surface area (Å²) in [5.41, 5.74) is 2.63. The monoisotopic (exact) mass is 474 g/mol. The minimum Gasteiger partial charge on any atom is -0.497 e. The number of hydrogen-bond donors (Lipinski definition) is 0. The van der Waals surface area contributed by atoms with E-state index in [-0.39, 0.29) is 24.5 Å². The quantitative estimate of drug-likeness (QED) is 0.355. The van der Waals surface area contributed by atoms with Crippen LogP contribution in [0.4, 0.5) is 0 Å². The lowest BCUT2D eigenvalue weighted by Gasteiger charge is -2.11. The normalized spacial score (nSPS) is 11.2. The molecule has 0 amide bonds. The van der Waals surface area contributed by atoms with Gasteiger partial charge in [0.1, 0.15) is 17.0 Å². The highest BCUT2D eigenvalue weighted by Gasteiger charge is 2.18. The van der Waals surface area contributed by atoms with E-state index >= 15 is 0 Å². The van der Waals surface area contributed by atoms with E-state index in [9.17, 15) is 9.59 Å². The summed E-state index contributed by atoms with van der Waals surface area (Å²) < 4.78 is 14.0. The molecule has 3 aromatic heterocycles. The average Bonchev–Trinajstić information content (AvgIpc) is 3.55. The maximum atomic E-state index is 13.4. The number of rotatable bonds is 7. The van der Waals surface area contributed by atoms with Crippen molar-refractivity contribution in [1.29, 1.82) is 0 Å². The molecule has 172 valence electrons. The van der Waals surface area contributed by atoms with Crippen molar-refractivity contribution in [3.8, 4) is 17.1 Å². The number of aryl methyl sites for hydroxylation is 1. The standard InChI is InChI=1S/C25H22N4O4S/c1-3-16-7-9-18(10-8-16)23-26-21(33-27-23)15-28-20-11-12-34-22(20)24(30)29(25(28)31)14-17-5-4-6-19(13-17)32-2/h4-13H,3,14-15H2,1-2H3. The Hall–Kier alpha value is -3.98. The number of ether oxygens (including phenoxy) is 1. The van der Waals surface area contributed by atoms with E-state index in [0.29, 0.717) is 21.8 Å². The van der Waals surface area contributed by atoms with Gasteiger partial charge in [-0.25, -0.2) is 4.79 Å². The second-order valence-electron chi connectivity index (χ2n) is 7.81. The SMILES string of the molecule is CCc1ccc(-c2noc(Cn3c(=O)n(Cc4cccc(OC)c4)c(=O)c4sccc43)n2)cc1. The van der Waals surface area contributed by atoms with Crippen LogP contribution >= 0.6 is 11.3 Å². The maximum absolute atomic E-state index is 13.4. The van der Waals surface area contributed by atoms with Crippen molar-refractivity contribution < 1.29 is 9.26 Å². The van der Waals surface area contributed by atoms with Gasteiger partial charge in [-0.3, -0.25) is 13.9 Å². The number of hydrogen-bond acceptors (Lipinski definition) is 7. The fourth-order valence-electron chi connectivity index (χ4n) is 3.84. The van der Waals surface area contributed by atoms with Crippen molar-refractivity contribution in [1.82, 2.24) is 19.3 Å². The first-order valence-corrected chi connectivity index (χ1v) is 11.7. The summed E-state index contributed by atoms with van der Waals surface area (Å²) in [5.74, 6) is 1.40. The van der Waals surface area contributed by atoms with Crippen LogP contribution in [0.2, 0.25) is 0 Å². The van der Waals surface area contributed by atoms with Gasteiger partial charge in [-0.2, -0.15) is 4.98 Å². The van der Waals surface area contributed by atoms with Crippen LogP contribution in [0, 0.1) is 0 Å². The van der Waals surface area contributed by atoms with E-state index in [2.05, 4.69) is 17.1 Å². The number of nitrogens with zero attached hydrogens (tertiary/aromatic N) is 4. The van der Waals surface area contributed by atoms with Gasteiger partial charge in [0.15, 0.2) is 0 Å². The van der Waals surface area contributed by atoms with E-state index < -0.39 is 5.69 Å². The minimum absolute atomic E-state index is 0.0600. The predicted octanol–water partition coefficient (Wildman–Crippen LogP) is 3.94. The molecule has 0 bridgehead atoms. The zero-order valence-electron chi connectivity index (χ0n) is 18.7. The van der Waals surface area contributed by atoms with Crippen LogP contribution in [-0.2, 0) is 19.5 Å². The van der Waals surface area contributed by atoms with E-state index in [0.717, 1.165) is 17.5 Å². The molecule has 0 fully saturated rings. The Morgan fingerprint density at radius 1 is 1.00 bits per heavy atom.